The van der Waals surface area contributed by atoms with E-state index >= 15 is 0 Å². The Kier molecular flexibility index (Phi) is 9.84. The predicted molar refractivity (Wildman–Crippen MR) is 45.2 cm³/mol. The Balaban J connectivity index is 2.60. The van der Waals surface area contributed by atoms with Crippen LogP contribution < -0.4 is 0 Å². The maximum atomic E-state index is 2.29. The summed E-state index contributed by atoms with van der Waals surface area (Å²) in [6.45, 7) is 4.59. The molecule has 0 atom stereocenters. The number of rotatable bonds is 6. The molecular weight excluding hydrogens is 303 g/mol. The summed E-state index contributed by atoms with van der Waals surface area (Å²) in [4.78, 5) is 0. The fourth-order valence-corrected chi connectivity index (χ4v) is 6.39. The first-order valence-corrected chi connectivity index (χ1v) is 9.62. The monoisotopic (exact) mass is 322 g/mol. The van der Waals surface area contributed by atoms with Crippen LogP contribution in [0, 0.1) is 0 Å². The fourth-order valence-electron chi connectivity index (χ4n) is 0.729. The summed E-state index contributed by atoms with van der Waals surface area (Å²) >= 11 is -0.0390. The zero-order valence-electron chi connectivity index (χ0n) is 6.74. The number of hydrogen-bond donors (Lipinski definition) is 0. The Bertz CT molecular complexity index is 37.8. The van der Waals surface area contributed by atoms with Gasteiger partial charge in [-0.3, -0.25) is 0 Å². The molecule has 0 spiro atoms. The summed E-state index contributed by atoms with van der Waals surface area (Å²) in [5.74, 6) is 0. The van der Waals surface area contributed by atoms with Gasteiger partial charge in [0, 0.05) is 0 Å². The molecule has 52 valence electrons. The molecular formula is C8H18Pb+2. The first-order valence-electron chi connectivity index (χ1n) is 4.12. The van der Waals surface area contributed by atoms with Gasteiger partial charge in [-0.2, -0.15) is 0 Å². The number of hydrogen-bond acceptors (Lipinski definition) is 0. The molecule has 0 aromatic rings. The van der Waals surface area contributed by atoms with Crippen molar-refractivity contribution in [2.45, 2.75) is 47.5 Å². The standard InChI is InChI=1S/2C4H9.Pb/c2*1-3-4-2;/h2*1,3-4H2,2H3;/q;;+2. The molecule has 0 saturated heterocycles. The van der Waals surface area contributed by atoms with Gasteiger partial charge < -0.3 is 0 Å². The van der Waals surface area contributed by atoms with E-state index < -0.39 is 0 Å². The van der Waals surface area contributed by atoms with E-state index in [9.17, 15) is 0 Å². The van der Waals surface area contributed by atoms with Crippen molar-refractivity contribution in [3.63, 3.8) is 0 Å². The van der Waals surface area contributed by atoms with Gasteiger partial charge in [-0.15, -0.1) is 0 Å². The quantitative estimate of drug-likeness (QED) is 0.521. The molecule has 0 aliphatic rings. The van der Waals surface area contributed by atoms with E-state index in [1.165, 1.54) is 25.7 Å². The van der Waals surface area contributed by atoms with E-state index in [4.69, 9.17) is 0 Å². The molecule has 0 bridgehead atoms. The fraction of sp³-hybridized carbons (Fsp3) is 1.00. The van der Waals surface area contributed by atoms with Crippen LogP contribution in [0.25, 0.3) is 0 Å². The minimum absolute atomic E-state index is 0.0390. The normalized spacial score (nSPS) is 9.11. The number of unbranched alkanes of at least 4 members (excludes halogenated alkanes) is 2. The molecule has 9 heavy (non-hydrogen) atoms. The average molecular weight is 321 g/mol. The van der Waals surface area contributed by atoms with Gasteiger partial charge in [-0.05, 0) is 0 Å². The molecule has 0 N–H and O–H groups in total. The van der Waals surface area contributed by atoms with Gasteiger partial charge in [-0.1, -0.05) is 0 Å². The second kappa shape index (κ2) is 8.92. The molecule has 0 saturated carbocycles. The Hall–Kier alpha value is 0.922. The molecule has 0 aromatic heterocycles. The van der Waals surface area contributed by atoms with Gasteiger partial charge in [0.25, 0.3) is 0 Å². The third-order valence-corrected chi connectivity index (χ3v) is 6.91. The predicted octanol–water partition coefficient (Wildman–Crippen LogP) is 3.13. The summed E-state index contributed by atoms with van der Waals surface area (Å²) < 4.78 is 3.30. The van der Waals surface area contributed by atoms with Crippen LogP contribution in [0.15, 0.2) is 0 Å². The summed E-state index contributed by atoms with van der Waals surface area (Å²) in [7, 11) is 0. The van der Waals surface area contributed by atoms with Gasteiger partial charge in [0.2, 0.25) is 0 Å². The molecule has 0 nitrogen and oxygen atoms in total. The summed E-state index contributed by atoms with van der Waals surface area (Å²) in [6.07, 6.45) is 5.87. The van der Waals surface area contributed by atoms with E-state index in [0.717, 1.165) is 0 Å². The molecule has 1 heteroatoms. The van der Waals surface area contributed by atoms with Gasteiger partial charge in [0.1, 0.15) is 0 Å². The van der Waals surface area contributed by atoms with Gasteiger partial charge in [0.15, 0.2) is 0 Å². The molecule has 0 aliphatic heterocycles. The van der Waals surface area contributed by atoms with E-state index in [0.29, 0.717) is 0 Å². The SMILES string of the molecule is CCC[CH2][Pb+2][CH2]CCC. The summed E-state index contributed by atoms with van der Waals surface area (Å²) in [6, 6.07) is 0. The second-order valence-electron chi connectivity index (χ2n) is 2.46. The van der Waals surface area contributed by atoms with Crippen molar-refractivity contribution in [1.29, 1.82) is 0 Å². The van der Waals surface area contributed by atoms with Crippen molar-refractivity contribution < 1.29 is 0 Å². The molecule has 0 aliphatic carbocycles. The Morgan fingerprint density at radius 3 is 1.67 bits per heavy atom. The van der Waals surface area contributed by atoms with Crippen molar-refractivity contribution in [1.82, 2.24) is 0 Å². The first kappa shape index (κ1) is 9.92. The van der Waals surface area contributed by atoms with Gasteiger partial charge in [-0.25, -0.2) is 0 Å². The average Bonchev–Trinajstić information content (AvgIpc) is 1.89. The van der Waals surface area contributed by atoms with Crippen LogP contribution in [0.3, 0.4) is 0 Å². The van der Waals surface area contributed by atoms with Gasteiger partial charge >= 0.3 is 71.7 Å². The molecule has 0 heterocycles. The topological polar surface area (TPSA) is 0 Å². The molecule has 0 rings (SSSR count). The Morgan fingerprint density at radius 2 is 1.33 bits per heavy atom. The van der Waals surface area contributed by atoms with Crippen LogP contribution in [0.1, 0.15) is 39.5 Å². The molecule has 0 radical (unpaired) electrons. The zero-order valence-corrected chi connectivity index (χ0v) is 10.6. The zero-order chi connectivity index (χ0) is 6.95. The van der Waals surface area contributed by atoms with Gasteiger partial charge in [0.05, 0.1) is 0 Å². The van der Waals surface area contributed by atoms with E-state index in [1.54, 1.807) is 7.96 Å². The van der Waals surface area contributed by atoms with Crippen molar-refractivity contribution in [2.24, 2.45) is 0 Å². The Labute approximate surface area is 71.6 Å². The van der Waals surface area contributed by atoms with Crippen molar-refractivity contribution in [3.8, 4) is 0 Å². The van der Waals surface area contributed by atoms with Crippen LogP contribution in [0.4, 0.5) is 0 Å². The minimum atomic E-state index is -0.0390. The first-order chi connectivity index (χ1) is 4.41. The van der Waals surface area contributed by atoms with Crippen LogP contribution in [0.2, 0.25) is 7.96 Å². The summed E-state index contributed by atoms with van der Waals surface area (Å²) in [5.41, 5.74) is 0. The van der Waals surface area contributed by atoms with Crippen LogP contribution >= 0.6 is 0 Å². The van der Waals surface area contributed by atoms with Crippen molar-refractivity contribution >= 4 is 24.2 Å². The second-order valence-corrected chi connectivity index (χ2v) is 8.29. The van der Waals surface area contributed by atoms with E-state index in [2.05, 4.69) is 13.8 Å². The van der Waals surface area contributed by atoms with Crippen LogP contribution in [0.5, 0.6) is 0 Å². The van der Waals surface area contributed by atoms with E-state index in [1.807, 2.05) is 0 Å². The third kappa shape index (κ3) is 8.92. The van der Waals surface area contributed by atoms with Crippen molar-refractivity contribution in [3.05, 3.63) is 0 Å². The molecule has 0 unspecified atom stereocenters. The third-order valence-electron chi connectivity index (χ3n) is 1.41. The Morgan fingerprint density at radius 1 is 0.889 bits per heavy atom. The molecule has 0 amide bonds. The maximum absolute atomic E-state index is 2.29. The van der Waals surface area contributed by atoms with E-state index in [-0.39, 0.29) is 24.2 Å². The summed E-state index contributed by atoms with van der Waals surface area (Å²) in [5, 5.41) is 0. The van der Waals surface area contributed by atoms with Crippen LogP contribution in [-0.2, 0) is 0 Å². The van der Waals surface area contributed by atoms with Crippen molar-refractivity contribution in [2.75, 3.05) is 0 Å². The molecule has 0 fully saturated rings. The molecule has 0 aromatic carbocycles. The van der Waals surface area contributed by atoms with Crippen LogP contribution in [-0.4, -0.2) is 24.2 Å².